The molecule has 0 saturated heterocycles. The van der Waals surface area contributed by atoms with Crippen molar-refractivity contribution < 1.29 is 4.79 Å². The monoisotopic (exact) mass is 217 g/mol. The van der Waals surface area contributed by atoms with E-state index in [2.05, 4.69) is 25.2 Å². The predicted molar refractivity (Wildman–Crippen MR) is 67.0 cm³/mol. The van der Waals surface area contributed by atoms with E-state index in [0.717, 1.165) is 24.9 Å². The first-order chi connectivity index (χ1) is 7.70. The first-order valence-corrected chi connectivity index (χ1v) is 6.10. The third-order valence-corrected chi connectivity index (χ3v) is 3.37. The molecule has 1 aromatic rings. The van der Waals surface area contributed by atoms with Crippen molar-refractivity contribution in [2.75, 3.05) is 11.9 Å². The van der Waals surface area contributed by atoms with E-state index in [9.17, 15) is 4.79 Å². The fourth-order valence-corrected chi connectivity index (χ4v) is 2.06. The van der Waals surface area contributed by atoms with Gasteiger partial charge in [-0.05, 0) is 36.1 Å². The summed E-state index contributed by atoms with van der Waals surface area (Å²) in [6.07, 6.45) is 2.78. The molecule has 1 atom stereocenters. The van der Waals surface area contributed by atoms with Crippen LogP contribution in [0.4, 0.5) is 5.69 Å². The summed E-state index contributed by atoms with van der Waals surface area (Å²) in [6.45, 7) is 5.26. The second-order valence-corrected chi connectivity index (χ2v) is 4.69. The molecule has 0 amide bonds. The number of Topliss-reactive ketones (excluding diaryl/α,β-unsaturated/α-hetero) is 1. The molecule has 0 bridgehead atoms. The Morgan fingerprint density at radius 1 is 1.50 bits per heavy atom. The lowest BCUT2D eigenvalue weighted by molar-refractivity contribution is 0.0963. The summed E-state index contributed by atoms with van der Waals surface area (Å²) >= 11 is 0. The Kier molecular flexibility index (Phi) is 3.28. The number of hydrogen-bond donors (Lipinski definition) is 1. The molecule has 86 valence electrons. The van der Waals surface area contributed by atoms with Gasteiger partial charge in [-0.3, -0.25) is 4.79 Å². The Morgan fingerprint density at radius 2 is 2.31 bits per heavy atom. The molecular formula is C14H19NO. The largest absolute Gasteiger partial charge is 0.384 e. The number of carbonyl (C=O) groups excluding carboxylic acids is 1. The molecule has 0 radical (unpaired) electrons. The van der Waals surface area contributed by atoms with E-state index < -0.39 is 0 Å². The second-order valence-electron chi connectivity index (χ2n) is 4.69. The van der Waals surface area contributed by atoms with Crippen molar-refractivity contribution in [1.82, 2.24) is 0 Å². The highest BCUT2D eigenvalue weighted by molar-refractivity contribution is 5.96. The summed E-state index contributed by atoms with van der Waals surface area (Å²) in [5.74, 6) is 0.767. The van der Waals surface area contributed by atoms with Crippen LogP contribution in [0, 0.1) is 5.92 Å². The zero-order valence-electron chi connectivity index (χ0n) is 10.0. The number of carbonyl (C=O) groups is 1. The van der Waals surface area contributed by atoms with E-state index in [1.165, 1.54) is 11.3 Å². The Bertz CT molecular complexity index is 398. The minimum Gasteiger partial charge on any atom is -0.384 e. The highest BCUT2D eigenvalue weighted by atomic mass is 16.1. The molecule has 1 unspecified atom stereocenters. The third kappa shape index (κ3) is 2.26. The minimum absolute atomic E-state index is 0.282. The van der Waals surface area contributed by atoms with Gasteiger partial charge in [-0.2, -0.15) is 0 Å². The fourth-order valence-electron chi connectivity index (χ4n) is 2.06. The lowest BCUT2D eigenvalue weighted by atomic mass is 9.96. The van der Waals surface area contributed by atoms with Gasteiger partial charge in [0.2, 0.25) is 0 Å². The normalized spacial score (nSPS) is 15.4. The summed E-state index contributed by atoms with van der Waals surface area (Å²) in [4.78, 5) is 12.0. The Morgan fingerprint density at radius 3 is 3.06 bits per heavy atom. The van der Waals surface area contributed by atoms with Crippen LogP contribution in [-0.4, -0.2) is 12.3 Å². The van der Waals surface area contributed by atoms with Crippen molar-refractivity contribution in [2.24, 2.45) is 5.92 Å². The average Bonchev–Trinajstić information content (AvgIpc) is 2.75. The van der Waals surface area contributed by atoms with Gasteiger partial charge in [0.05, 0.1) is 0 Å². The number of ketones is 1. The molecule has 0 aliphatic carbocycles. The molecule has 16 heavy (non-hydrogen) atoms. The molecule has 1 aromatic carbocycles. The Hall–Kier alpha value is -1.31. The number of nitrogens with one attached hydrogen (secondary N) is 1. The van der Waals surface area contributed by atoms with Crippen molar-refractivity contribution in [1.29, 1.82) is 0 Å². The standard InChI is InChI=1S/C14H19NO/c1-3-10(2)8-14(16)12-4-5-13-11(9-12)6-7-15-13/h4-5,9-10,15H,3,6-8H2,1-2H3. The smallest absolute Gasteiger partial charge is 0.163 e. The fraction of sp³-hybridized carbons (Fsp3) is 0.500. The lowest BCUT2D eigenvalue weighted by Gasteiger charge is -2.08. The van der Waals surface area contributed by atoms with Gasteiger partial charge in [-0.25, -0.2) is 0 Å². The van der Waals surface area contributed by atoms with Crippen molar-refractivity contribution in [3.8, 4) is 0 Å². The van der Waals surface area contributed by atoms with Crippen molar-refractivity contribution in [3.05, 3.63) is 29.3 Å². The van der Waals surface area contributed by atoms with Crippen LogP contribution in [0.25, 0.3) is 0 Å². The van der Waals surface area contributed by atoms with E-state index in [1.54, 1.807) is 0 Å². The number of anilines is 1. The molecule has 0 fully saturated rings. The molecule has 2 rings (SSSR count). The van der Waals surface area contributed by atoms with Gasteiger partial charge in [0.25, 0.3) is 0 Å². The maximum absolute atomic E-state index is 12.0. The van der Waals surface area contributed by atoms with Gasteiger partial charge in [0.1, 0.15) is 0 Å². The second kappa shape index (κ2) is 4.69. The van der Waals surface area contributed by atoms with Crippen molar-refractivity contribution >= 4 is 11.5 Å². The lowest BCUT2D eigenvalue weighted by Crippen LogP contribution is -2.05. The summed E-state index contributed by atoms with van der Waals surface area (Å²) < 4.78 is 0. The van der Waals surface area contributed by atoms with Crippen LogP contribution in [0.3, 0.4) is 0 Å². The zero-order valence-corrected chi connectivity index (χ0v) is 10.0. The van der Waals surface area contributed by atoms with Gasteiger partial charge in [-0.1, -0.05) is 20.3 Å². The van der Waals surface area contributed by atoms with E-state index in [-0.39, 0.29) is 5.78 Å². The summed E-state index contributed by atoms with van der Waals surface area (Å²) in [7, 11) is 0. The van der Waals surface area contributed by atoms with E-state index >= 15 is 0 Å². The SMILES string of the molecule is CCC(C)CC(=O)c1ccc2c(c1)CCN2. The molecular weight excluding hydrogens is 198 g/mol. The van der Waals surface area contributed by atoms with Crippen LogP contribution in [0.1, 0.15) is 42.6 Å². The first-order valence-electron chi connectivity index (χ1n) is 6.10. The van der Waals surface area contributed by atoms with Crippen LogP contribution in [0.5, 0.6) is 0 Å². The molecule has 0 saturated carbocycles. The minimum atomic E-state index is 0.282. The quantitative estimate of drug-likeness (QED) is 0.784. The van der Waals surface area contributed by atoms with Gasteiger partial charge in [0.15, 0.2) is 5.78 Å². The molecule has 1 N–H and O–H groups in total. The molecule has 2 nitrogen and oxygen atoms in total. The molecule has 1 heterocycles. The van der Waals surface area contributed by atoms with Crippen LogP contribution >= 0.6 is 0 Å². The van der Waals surface area contributed by atoms with Crippen LogP contribution in [0.15, 0.2) is 18.2 Å². The molecule has 0 spiro atoms. The number of fused-ring (bicyclic) bond motifs is 1. The van der Waals surface area contributed by atoms with E-state index in [0.29, 0.717) is 12.3 Å². The predicted octanol–water partition coefficient (Wildman–Crippen LogP) is 3.27. The zero-order chi connectivity index (χ0) is 11.5. The van der Waals surface area contributed by atoms with Gasteiger partial charge < -0.3 is 5.32 Å². The third-order valence-electron chi connectivity index (χ3n) is 3.37. The van der Waals surface area contributed by atoms with Gasteiger partial charge >= 0.3 is 0 Å². The Balaban J connectivity index is 2.12. The first kappa shape index (κ1) is 11.2. The summed E-state index contributed by atoms with van der Waals surface area (Å²) in [5.41, 5.74) is 3.36. The number of benzene rings is 1. The highest BCUT2D eigenvalue weighted by Gasteiger charge is 2.14. The van der Waals surface area contributed by atoms with E-state index in [4.69, 9.17) is 0 Å². The summed E-state index contributed by atoms with van der Waals surface area (Å²) in [5, 5.41) is 3.31. The molecule has 0 aromatic heterocycles. The van der Waals surface area contributed by atoms with E-state index in [1.807, 2.05) is 12.1 Å². The number of rotatable bonds is 4. The van der Waals surface area contributed by atoms with Crippen molar-refractivity contribution in [3.63, 3.8) is 0 Å². The van der Waals surface area contributed by atoms with Crippen molar-refractivity contribution in [2.45, 2.75) is 33.1 Å². The van der Waals surface area contributed by atoms with Crippen LogP contribution in [-0.2, 0) is 6.42 Å². The maximum atomic E-state index is 12.0. The van der Waals surface area contributed by atoms with Gasteiger partial charge in [-0.15, -0.1) is 0 Å². The maximum Gasteiger partial charge on any atom is 0.163 e. The molecule has 2 heteroatoms. The molecule has 1 aliphatic rings. The van der Waals surface area contributed by atoms with Gasteiger partial charge in [0, 0.05) is 24.2 Å². The Labute approximate surface area is 97.1 Å². The number of hydrogen-bond acceptors (Lipinski definition) is 2. The summed E-state index contributed by atoms with van der Waals surface area (Å²) in [6, 6.07) is 6.04. The highest BCUT2D eigenvalue weighted by Crippen LogP contribution is 2.24. The van der Waals surface area contributed by atoms with Crippen LogP contribution in [0.2, 0.25) is 0 Å². The van der Waals surface area contributed by atoms with Crippen LogP contribution < -0.4 is 5.32 Å². The topological polar surface area (TPSA) is 29.1 Å². The average molecular weight is 217 g/mol. The molecule has 1 aliphatic heterocycles.